The highest BCUT2D eigenvalue weighted by Crippen LogP contribution is 2.15. The summed E-state index contributed by atoms with van der Waals surface area (Å²) in [5, 5.41) is 36.2. The first-order chi connectivity index (χ1) is 29.5. The van der Waals surface area contributed by atoms with Crippen LogP contribution in [0.15, 0.2) is 4.99 Å². The van der Waals surface area contributed by atoms with Crippen LogP contribution < -0.4 is 49.1 Å². The largest absolute Gasteiger partial charge is 0.458 e. The van der Waals surface area contributed by atoms with Crippen molar-refractivity contribution in [3.05, 3.63) is 0 Å². The molecule has 1 saturated heterocycles. The molecule has 1 heterocycles. The Balaban J connectivity index is 3.21. The smallest absolute Gasteiger partial charge is 0.328 e. The van der Waals surface area contributed by atoms with Gasteiger partial charge in [-0.1, -0.05) is 85.5 Å². The molecule has 0 aromatic heterocycles. The molecule has 63 heavy (non-hydrogen) atoms. The molecular weight excluding hydrogens is 821 g/mol. The van der Waals surface area contributed by atoms with Gasteiger partial charge in [0.05, 0.1) is 18.6 Å². The Kier molecular flexibility index (Phi) is 26.1. The monoisotopic (exact) mass is 897 g/mol. The van der Waals surface area contributed by atoms with Crippen molar-refractivity contribution >= 4 is 53.3 Å². The number of nitrogens with two attached hydrogens (primary N) is 3. The van der Waals surface area contributed by atoms with Crippen LogP contribution in [0.25, 0.3) is 0 Å². The predicted molar refractivity (Wildman–Crippen MR) is 235 cm³/mol. The van der Waals surface area contributed by atoms with Gasteiger partial charge in [0.1, 0.15) is 42.4 Å². The number of hydrogen-bond acceptors (Lipinski definition) is 12. The summed E-state index contributed by atoms with van der Waals surface area (Å²) < 4.78 is 5.56. The van der Waals surface area contributed by atoms with Gasteiger partial charge in [0, 0.05) is 13.0 Å². The number of amides is 7. The molecule has 1 aliphatic rings. The number of primary amides is 1. The van der Waals surface area contributed by atoms with Crippen LogP contribution in [0.3, 0.4) is 0 Å². The Labute approximate surface area is 371 Å². The van der Waals surface area contributed by atoms with Crippen molar-refractivity contribution in [3.8, 4) is 0 Å². The fraction of sp³-hybridized carbons (Fsp3) is 0.786. The van der Waals surface area contributed by atoms with E-state index in [1.165, 1.54) is 20.8 Å². The number of esters is 1. The van der Waals surface area contributed by atoms with E-state index in [2.05, 4.69) is 36.9 Å². The minimum atomic E-state index is -1.64. The maximum Gasteiger partial charge on any atom is 0.328 e. The van der Waals surface area contributed by atoms with Crippen LogP contribution in [0.2, 0.25) is 0 Å². The lowest BCUT2D eigenvalue weighted by molar-refractivity contribution is -0.155. The van der Waals surface area contributed by atoms with Gasteiger partial charge in [-0.3, -0.25) is 38.6 Å². The van der Waals surface area contributed by atoms with Crippen LogP contribution in [0.1, 0.15) is 138 Å². The third kappa shape index (κ3) is 22.2. The zero-order chi connectivity index (χ0) is 47.8. The Bertz CT molecular complexity index is 1540. The van der Waals surface area contributed by atoms with Crippen molar-refractivity contribution in [2.45, 2.75) is 193 Å². The van der Waals surface area contributed by atoms with E-state index < -0.39 is 114 Å². The van der Waals surface area contributed by atoms with Crippen molar-refractivity contribution in [1.29, 1.82) is 0 Å². The SMILES string of the molecule is CC(C)[C@@H]1NC(=O)[C@@H](C(C)C)NC(=O)[C@@H](NC(=O)C[C@H](O)CCCCCCCCCCCCN=C(N)N)[C@@H](C)OC(=O)[C@@H](C)NC(=O)[C@@H](CCC(N)=O)NC(=O)[C@@H]([C@@H](C)O)NC1=O. The van der Waals surface area contributed by atoms with Crippen LogP contribution in [-0.4, -0.2) is 125 Å². The Hall–Kier alpha value is -5.05. The standard InChI is InChI=1S/C42H76N10O11/c1-23(2)32-37(58)50-33(24(3)4)38(59)52-34(26(6)53)39(60)48-29(19-20-30(43)55)36(57)47-25(5)41(62)63-27(7)35(40(61)51-32)49-31(56)22-28(54)18-16-14-12-10-8-9-11-13-15-17-21-46-42(44)45/h23-29,32-35,53-54H,8-22H2,1-7H3,(H2,43,55)(H,47,57)(H,48,60)(H,49,56)(H,50,58)(H,51,61)(H,52,59)(H4,44,45,46)/t25-,26-,27-,28-,29-,32-,33+,34-,35+/m1/s1. The first-order valence-electron chi connectivity index (χ1n) is 22.3. The van der Waals surface area contributed by atoms with Gasteiger partial charge in [0.25, 0.3) is 0 Å². The van der Waals surface area contributed by atoms with Crippen LogP contribution >= 0.6 is 0 Å². The molecule has 14 N–H and O–H groups in total. The van der Waals surface area contributed by atoms with Gasteiger partial charge in [0.15, 0.2) is 5.96 Å². The summed E-state index contributed by atoms with van der Waals surface area (Å²) in [4.78, 5) is 110. The molecule has 0 unspecified atom stereocenters. The lowest BCUT2D eigenvalue weighted by atomic mass is 9.98. The summed E-state index contributed by atoms with van der Waals surface area (Å²) in [6.45, 7) is 10.9. The Morgan fingerprint density at radius 2 is 1.14 bits per heavy atom. The number of ether oxygens (including phenoxy) is 1. The van der Waals surface area contributed by atoms with Gasteiger partial charge >= 0.3 is 5.97 Å². The number of nitrogens with zero attached hydrogens (tertiary/aromatic N) is 1. The van der Waals surface area contributed by atoms with E-state index in [1.807, 2.05) is 0 Å². The lowest BCUT2D eigenvalue weighted by Crippen LogP contribution is -2.63. The van der Waals surface area contributed by atoms with Crippen LogP contribution in [0.5, 0.6) is 0 Å². The van der Waals surface area contributed by atoms with Gasteiger partial charge in [-0.25, -0.2) is 4.79 Å². The maximum absolute atomic E-state index is 14.0. The van der Waals surface area contributed by atoms with E-state index in [-0.39, 0.29) is 25.2 Å². The summed E-state index contributed by atoms with van der Waals surface area (Å²) in [6, 6.07) is -8.70. The highest BCUT2D eigenvalue weighted by molar-refractivity contribution is 5.97. The quantitative estimate of drug-likeness (QED) is 0.0273. The molecule has 1 rings (SSSR count). The van der Waals surface area contributed by atoms with Gasteiger partial charge in [0.2, 0.25) is 41.4 Å². The second-order valence-corrected chi connectivity index (χ2v) is 17.2. The van der Waals surface area contributed by atoms with Crippen molar-refractivity contribution in [2.75, 3.05) is 6.54 Å². The molecule has 1 aliphatic heterocycles. The lowest BCUT2D eigenvalue weighted by Gasteiger charge is -2.31. The number of nitrogens with one attached hydrogen (secondary N) is 6. The molecule has 0 spiro atoms. The molecule has 7 amide bonds. The summed E-state index contributed by atoms with van der Waals surface area (Å²) >= 11 is 0. The number of aliphatic hydroxyl groups is 2. The third-order valence-corrected chi connectivity index (χ3v) is 10.6. The van der Waals surface area contributed by atoms with E-state index in [0.29, 0.717) is 19.4 Å². The summed E-state index contributed by atoms with van der Waals surface area (Å²) in [5.74, 6) is -8.16. The molecule has 21 nitrogen and oxygen atoms in total. The van der Waals surface area contributed by atoms with Gasteiger partial charge in [-0.05, 0) is 51.9 Å². The number of unbranched alkanes of at least 4 members (excludes halogenated alkanes) is 9. The second-order valence-electron chi connectivity index (χ2n) is 17.2. The maximum atomic E-state index is 14.0. The van der Waals surface area contributed by atoms with E-state index in [0.717, 1.165) is 57.8 Å². The summed E-state index contributed by atoms with van der Waals surface area (Å²) in [7, 11) is 0. The predicted octanol–water partition coefficient (Wildman–Crippen LogP) is -0.866. The molecule has 0 aromatic rings. The van der Waals surface area contributed by atoms with E-state index in [9.17, 15) is 48.6 Å². The van der Waals surface area contributed by atoms with Crippen molar-refractivity contribution in [1.82, 2.24) is 31.9 Å². The highest BCUT2D eigenvalue weighted by atomic mass is 16.5. The van der Waals surface area contributed by atoms with Crippen LogP contribution in [0.4, 0.5) is 0 Å². The zero-order valence-electron chi connectivity index (χ0n) is 38.2. The molecule has 1 fully saturated rings. The van der Waals surface area contributed by atoms with E-state index >= 15 is 0 Å². The first-order valence-corrected chi connectivity index (χ1v) is 22.3. The summed E-state index contributed by atoms with van der Waals surface area (Å²) in [5.41, 5.74) is 16.0. The number of cyclic esters (lactones) is 1. The second kappa shape index (κ2) is 29.3. The van der Waals surface area contributed by atoms with Gasteiger partial charge in [-0.15, -0.1) is 0 Å². The minimum absolute atomic E-state index is 0.112. The fourth-order valence-corrected chi connectivity index (χ4v) is 6.81. The molecule has 0 saturated carbocycles. The first kappa shape index (κ1) is 56.0. The van der Waals surface area contributed by atoms with Crippen LogP contribution in [-0.2, 0) is 43.1 Å². The Morgan fingerprint density at radius 1 is 0.667 bits per heavy atom. The van der Waals surface area contributed by atoms with Gasteiger partial charge in [-0.2, -0.15) is 0 Å². The number of hydrogen-bond donors (Lipinski definition) is 11. The average Bonchev–Trinajstić information content (AvgIpc) is 3.18. The third-order valence-electron chi connectivity index (χ3n) is 10.6. The normalized spacial score (nSPS) is 24.3. The fourth-order valence-electron chi connectivity index (χ4n) is 6.81. The average molecular weight is 897 g/mol. The van der Waals surface area contributed by atoms with E-state index in [1.54, 1.807) is 27.7 Å². The molecule has 0 radical (unpaired) electrons. The number of aliphatic imine (C=N–C) groups is 1. The number of rotatable bonds is 22. The molecule has 360 valence electrons. The number of guanidine groups is 1. The van der Waals surface area contributed by atoms with E-state index in [4.69, 9.17) is 21.9 Å². The molecule has 0 aromatic carbocycles. The van der Waals surface area contributed by atoms with Crippen LogP contribution in [0, 0.1) is 11.8 Å². The molecule has 9 atom stereocenters. The number of carbonyl (C=O) groups is 8. The van der Waals surface area contributed by atoms with Crippen molar-refractivity contribution in [2.24, 2.45) is 34.0 Å². The minimum Gasteiger partial charge on any atom is -0.458 e. The topological polar surface area (TPSA) is 349 Å². The Morgan fingerprint density at radius 3 is 1.63 bits per heavy atom. The summed E-state index contributed by atoms with van der Waals surface area (Å²) in [6.07, 6.45) is 5.43. The highest BCUT2D eigenvalue weighted by Gasteiger charge is 2.38. The van der Waals surface area contributed by atoms with Crippen molar-refractivity contribution in [3.63, 3.8) is 0 Å². The number of carbonyl (C=O) groups excluding carboxylic acids is 8. The number of aliphatic hydroxyl groups excluding tert-OH is 2. The molecular formula is C42H76N10O11. The molecule has 0 bridgehead atoms. The zero-order valence-corrected chi connectivity index (χ0v) is 38.2. The molecule has 21 heteroatoms. The van der Waals surface area contributed by atoms with Gasteiger partial charge < -0.3 is 64.1 Å². The molecule has 0 aliphatic carbocycles. The van der Waals surface area contributed by atoms with Crippen molar-refractivity contribution < 1.29 is 53.3 Å².